The minimum absolute atomic E-state index is 0.140. The molecule has 0 aliphatic rings. The number of anilines is 1. The summed E-state index contributed by atoms with van der Waals surface area (Å²) in [5.41, 5.74) is 1.33. The lowest BCUT2D eigenvalue weighted by Gasteiger charge is -2.04. The number of nitrogens with one attached hydrogen (secondary N) is 2. The standard InChI is InChI=1S/C16H19N3O3S/c1-11(20)9-17-15(22)13-10-23-16(18-13)19-14(21)8-7-12-5-3-2-4-6-12/h2-6,10-11,20H,7-9H2,1H3,(H,17,22)(H,18,19,21). The zero-order valence-electron chi connectivity index (χ0n) is 12.8. The van der Waals surface area contributed by atoms with E-state index in [1.165, 1.54) is 11.3 Å². The Morgan fingerprint density at radius 1 is 1.30 bits per heavy atom. The molecule has 6 nitrogen and oxygen atoms in total. The molecule has 3 N–H and O–H groups in total. The van der Waals surface area contributed by atoms with Crippen molar-refractivity contribution in [3.8, 4) is 0 Å². The topological polar surface area (TPSA) is 91.3 Å². The van der Waals surface area contributed by atoms with Crippen LogP contribution in [0.3, 0.4) is 0 Å². The number of aliphatic hydroxyl groups is 1. The van der Waals surface area contributed by atoms with Crippen LogP contribution in [0.15, 0.2) is 35.7 Å². The molecule has 0 saturated carbocycles. The highest BCUT2D eigenvalue weighted by Gasteiger charge is 2.12. The Hall–Kier alpha value is -2.25. The molecule has 2 rings (SSSR count). The first-order valence-electron chi connectivity index (χ1n) is 7.30. The zero-order valence-corrected chi connectivity index (χ0v) is 13.6. The highest BCUT2D eigenvalue weighted by Crippen LogP contribution is 2.16. The number of thiazole rings is 1. The molecule has 0 saturated heterocycles. The van der Waals surface area contributed by atoms with Crippen LogP contribution in [0, 0.1) is 0 Å². The van der Waals surface area contributed by atoms with Gasteiger partial charge >= 0.3 is 0 Å². The highest BCUT2D eigenvalue weighted by molar-refractivity contribution is 7.14. The molecule has 0 fully saturated rings. The molecule has 1 heterocycles. The average Bonchev–Trinajstić information content (AvgIpc) is 3.00. The van der Waals surface area contributed by atoms with Gasteiger partial charge < -0.3 is 15.7 Å². The summed E-state index contributed by atoms with van der Waals surface area (Å²) in [5.74, 6) is -0.508. The van der Waals surface area contributed by atoms with Crippen LogP contribution in [0.2, 0.25) is 0 Å². The van der Waals surface area contributed by atoms with Crippen molar-refractivity contribution >= 4 is 28.3 Å². The van der Waals surface area contributed by atoms with Crippen molar-refractivity contribution in [1.82, 2.24) is 10.3 Å². The summed E-state index contributed by atoms with van der Waals surface area (Å²) in [6.45, 7) is 1.74. The molecule has 7 heteroatoms. The van der Waals surface area contributed by atoms with E-state index in [1.807, 2.05) is 30.3 Å². The predicted octanol–water partition coefficient (Wildman–Crippen LogP) is 1.83. The second-order valence-electron chi connectivity index (χ2n) is 5.13. The Morgan fingerprint density at radius 3 is 2.74 bits per heavy atom. The second-order valence-corrected chi connectivity index (χ2v) is 5.99. The monoisotopic (exact) mass is 333 g/mol. The van der Waals surface area contributed by atoms with Gasteiger partial charge in [-0.05, 0) is 18.9 Å². The number of nitrogens with zero attached hydrogens (tertiary/aromatic N) is 1. The van der Waals surface area contributed by atoms with E-state index in [2.05, 4.69) is 15.6 Å². The fourth-order valence-electron chi connectivity index (χ4n) is 1.85. The van der Waals surface area contributed by atoms with Crippen LogP contribution in [-0.2, 0) is 11.2 Å². The first-order chi connectivity index (χ1) is 11.0. The van der Waals surface area contributed by atoms with E-state index < -0.39 is 6.10 Å². The van der Waals surface area contributed by atoms with Gasteiger partial charge in [0, 0.05) is 18.3 Å². The van der Waals surface area contributed by atoms with Gasteiger partial charge in [0.15, 0.2) is 5.13 Å². The summed E-state index contributed by atoms with van der Waals surface area (Å²) in [7, 11) is 0. The van der Waals surface area contributed by atoms with E-state index in [9.17, 15) is 9.59 Å². The van der Waals surface area contributed by atoms with Crippen LogP contribution in [0.5, 0.6) is 0 Å². The van der Waals surface area contributed by atoms with Gasteiger partial charge in [0.25, 0.3) is 5.91 Å². The van der Waals surface area contributed by atoms with Gasteiger partial charge in [-0.1, -0.05) is 30.3 Å². The quantitative estimate of drug-likeness (QED) is 0.721. The smallest absolute Gasteiger partial charge is 0.270 e. The molecule has 23 heavy (non-hydrogen) atoms. The van der Waals surface area contributed by atoms with Crippen molar-refractivity contribution in [3.05, 3.63) is 47.0 Å². The van der Waals surface area contributed by atoms with E-state index in [0.717, 1.165) is 5.56 Å². The van der Waals surface area contributed by atoms with Crippen molar-refractivity contribution in [2.75, 3.05) is 11.9 Å². The van der Waals surface area contributed by atoms with Crippen LogP contribution >= 0.6 is 11.3 Å². The first-order valence-corrected chi connectivity index (χ1v) is 8.18. The summed E-state index contributed by atoms with van der Waals surface area (Å²) in [5, 5.41) is 16.3. The van der Waals surface area contributed by atoms with Crippen LogP contribution in [-0.4, -0.2) is 34.6 Å². The van der Waals surface area contributed by atoms with E-state index in [0.29, 0.717) is 18.0 Å². The maximum absolute atomic E-state index is 11.9. The van der Waals surface area contributed by atoms with E-state index in [1.54, 1.807) is 12.3 Å². The average molecular weight is 333 g/mol. The first kappa shape index (κ1) is 17.1. The fourth-order valence-corrected chi connectivity index (χ4v) is 2.56. The predicted molar refractivity (Wildman–Crippen MR) is 89.5 cm³/mol. The molecule has 0 spiro atoms. The molecular formula is C16H19N3O3S. The van der Waals surface area contributed by atoms with Crippen molar-refractivity contribution in [3.63, 3.8) is 0 Å². The second kappa shape index (κ2) is 8.40. The number of hydrogen-bond donors (Lipinski definition) is 3. The van der Waals surface area contributed by atoms with Crippen molar-refractivity contribution in [2.45, 2.75) is 25.9 Å². The zero-order chi connectivity index (χ0) is 16.7. The molecule has 0 bridgehead atoms. The SMILES string of the molecule is CC(O)CNC(=O)c1csc(NC(=O)CCc2ccccc2)n1. The van der Waals surface area contributed by atoms with Crippen LogP contribution in [0.1, 0.15) is 29.4 Å². The largest absolute Gasteiger partial charge is 0.392 e. The molecule has 0 aliphatic heterocycles. The molecule has 0 aliphatic carbocycles. The summed E-state index contributed by atoms with van der Waals surface area (Å²) >= 11 is 1.20. The van der Waals surface area contributed by atoms with E-state index in [4.69, 9.17) is 5.11 Å². The highest BCUT2D eigenvalue weighted by atomic mass is 32.1. The molecule has 2 amide bonds. The number of rotatable bonds is 7. The van der Waals surface area contributed by atoms with Crippen LogP contribution in [0.4, 0.5) is 5.13 Å². The molecule has 0 radical (unpaired) electrons. The molecule has 122 valence electrons. The molecular weight excluding hydrogens is 314 g/mol. The van der Waals surface area contributed by atoms with Gasteiger partial charge in [0.05, 0.1) is 6.10 Å². The summed E-state index contributed by atoms with van der Waals surface area (Å²) in [6.07, 6.45) is 0.391. The number of aliphatic hydroxyl groups excluding tert-OH is 1. The summed E-state index contributed by atoms with van der Waals surface area (Å²) < 4.78 is 0. The minimum atomic E-state index is -0.616. The lowest BCUT2D eigenvalue weighted by molar-refractivity contribution is -0.116. The van der Waals surface area contributed by atoms with Crippen molar-refractivity contribution in [2.24, 2.45) is 0 Å². The third-order valence-electron chi connectivity index (χ3n) is 3.02. The maximum Gasteiger partial charge on any atom is 0.270 e. The molecule has 1 atom stereocenters. The van der Waals surface area contributed by atoms with Crippen LogP contribution < -0.4 is 10.6 Å². The molecule has 1 aromatic heterocycles. The third kappa shape index (κ3) is 5.80. The molecule has 1 aromatic carbocycles. The van der Waals surface area contributed by atoms with Gasteiger partial charge in [0.1, 0.15) is 5.69 Å². The summed E-state index contributed by atoms with van der Waals surface area (Å²) in [6, 6.07) is 9.75. The maximum atomic E-state index is 11.9. The van der Waals surface area contributed by atoms with Gasteiger partial charge in [-0.3, -0.25) is 9.59 Å². The Labute approximate surface area is 138 Å². The Balaban J connectivity index is 1.81. The van der Waals surface area contributed by atoms with Gasteiger partial charge in [-0.2, -0.15) is 0 Å². The number of aryl methyl sites for hydroxylation is 1. The number of carbonyl (C=O) groups excluding carboxylic acids is 2. The fraction of sp³-hybridized carbons (Fsp3) is 0.312. The van der Waals surface area contributed by atoms with Crippen LogP contribution in [0.25, 0.3) is 0 Å². The number of aromatic nitrogens is 1. The minimum Gasteiger partial charge on any atom is -0.392 e. The Bertz CT molecular complexity index is 656. The number of amides is 2. The Kier molecular flexibility index (Phi) is 6.25. The van der Waals surface area contributed by atoms with Crippen molar-refractivity contribution in [1.29, 1.82) is 0 Å². The Morgan fingerprint density at radius 2 is 2.04 bits per heavy atom. The molecule has 1 unspecified atom stereocenters. The summed E-state index contributed by atoms with van der Waals surface area (Å²) in [4.78, 5) is 27.7. The van der Waals surface area contributed by atoms with Gasteiger partial charge in [-0.25, -0.2) is 4.98 Å². The number of hydrogen-bond acceptors (Lipinski definition) is 5. The normalized spacial score (nSPS) is 11.7. The van der Waals surface area contributed by atoms with Gasteiger partial charge in [0.2, 0.25) is 5.91 Å². The van der Waals surface area contributed by atoms with Crippen molar-refractivity contribution < 1.29 is 14.7 Å². The lowest BCUT2D eigenvalue weighted by atomic mass is 10.1. The lowest BCUT2D eigenvalue weighted by Crippen LogP contribution is -2.30. The number of carbonyl (C=O) groups is 2. The third-order valence-corrected chi connectivity index (χ3v) is 3.78. The molecule has 2 aromatic rings. The number of benzene rings is 1. The van der Waals surface area contributed by atoms with E-state index in [-0.39, 0.29) is 24.1 Å². The van der Waals surface area contributed by atoms with E-state index >= 15 is 0 Å². The van der Waals surface area contributed by atoms with Gasteiger partial charge in [-0.15, -0.1) is 11.3 Å².